The lowest BCUT2D eigenvalue weighted by Crippen LogP contribution is -2.00. The molecule has 0 aromatic heterocycles. The third-order valence-corrected chi connectivity index (χ3v) is 6.69. The van der Waals surface area contributed by atoms with Crippen LogP contribution in [0.5, 0.6) is 11.5 Å². The van der Waals surface area contributed by atoms with E-state index >= 15 is 0 Å². The van der Waals surface area contributed by atoms with Crippen LogP contribution in [0.3, 0.4) is 0 Å². The van der Waals surface area contributed by atoms with Crippen molar-refractivity contribution in [3.8, 4) is 11.5 Å². The smallest absolute Gasteiger partial charge is 0.126 e. The highest BCUT2D eigenvalue weighted by Crippen LogP contribution is 2.25. The Morgan fingerprint density at radius 1 is 0.417 bits per heavy atom. The quantitative estimate of drug-likeness (QED) is 0.253. The molecule has 36 heavy (non-hydrogen) atoms. The maximum atomic E-state index is 6.15. The van der Waals surface area contributed by atoms with Gasteiger partial charge in [-0.1, -0.05) is 111 Å². The summed E-state index contributed by atoms with van der Waals surface area (Å²) in [5, 5.41) is 2.47. The molecule has 1 heterocycles. The van der Waals surface area contributed by atoms with E-state index in [9.17, 15) is 0 Å². The zero-order valence-electron chi connectivity index (χ0n) is 20.9. The largest absolute Gasteiger partial charge is 0.493 e. The van der Waals surface area contributed by atoms with Crippen LogP contribution in [0.4, 0.5) is 0 Å². The Labute approximate surface area is 214 Å². The monoisotopic (exact) mass is 474 g/mol. The Kier molecular flexibility index (Phi) is 8.15. The van der Waals surface area contributed by atoms with E-state index < -0.39 is 0 Å². The Bertz CT molecular complexity index is 1250. The van der Waals surface area contributed by atoms with Gasteiger partial charge in [0.15, 0.2) is 0 Å². The zero-order chi connectivity index (χ0) is 24.4. The number of ether oxygens (including phenoxy) is 2. The summed E-state index contributed by atoms with van der Waals surface area (Å²) in [5.41, 5.74) is 4.59. The molecule has 0 N–H and O–H groups in total. The molecule has 2 heteroatoms. The summed E-state index contributed by atoms with van der Waals surface area (Å²) in [7, 11) is 0. The summed E-state index contributed by atoms with van der Waals surface area (Å²) in [5.74, 6) is 1.91. The first kappa shape index (κ1) is 23.9. The predicted octanol–water partition coefficient (Wildman–Crippen LogP) is 9.29. The number of para-hydroxylation sites is 2. The van der Waals surface area contributed by atoms with Crippen molar-refractivity contribution in [3.63, 3.8) is 0 Å². The molecular formula is C34H34O2. The first-order chi connectivity index (χ1) is 17.8. The van der Waals surface area contributed by atoms with Crippen LogP contribution in [0.15, 0.2) is 84.9 Å². The molecule has 1 aliphatic rings. The predicted molar refractivity (Wildman–Crippen MR) is 153 cm³/mol. The standard InChI is InChI=1S/C34H34O2/c1-2-4-10-24-36-34-14-8-6-12-31(34)22-18-28-16-20-29-19-15-27(25-32(29)26-28)17-21-30-11-5-7-13-33(30)35-23-9-3-1/h5-8,11-22,25-26H,1-4,9-10,23-24H2/b21-17+,22-18+. The van der Waals surface area contributed by atoms with Gasteiger partial charge in [0.05, 0.1) is 13.2 Å². The lowest BCUT2D eigenvalue weighted by molar-refractivity contribution is 0.296. The van der Waals surface area contributed by atoms with Gasteiger partial charge < -0.3 is 9.47 Å². The van der Waals surface area contributed by atoms with E-state index in [2.05, 4.69) is 97.1 Å². The average molecular weight is 475 g/mol. The van der Waals surface area contributed by atoms with E-state index in [1.165, 1.54) is 47.6 Å². The Morgan fingerprint density at radius 3 is 1.42 bits per heavy atom. The first-order valence-corrected chi connectivity index (χ1v) is 13.2. The molecule has 0 fully saturated rings. The van der Waals surface area contributed by atoms with Gasteiger partial charge in [0.2, 0.25) is 0 Å². The van der Waals surface area contributed by atoms with Crippen molar-refractivity contribution < 1.29 is 9.47 Å². The average Bonchev–Trinajstić information content (AvgIpc) is 2.92. The van der Waals surface area contributed by atoms with Gasteiger partial charge in [0, 0.05) is 11.1 Å². The summed E-state index contributed by atoms with van der Waals surface area (Å²) in [6, 6.07) is 29.8. The minimum Gasteiger partial charge on any atom is -0.493 e. The second-order valence-corrected chi connectivity index (χ2v) is 9.43. The van der Waals surface area contributed by atoms with Gasteiger partial charge in [0.25, 0.3) is 0 Å². The number of rotatable bonds is 0. The van der Waals surface area contributed by atoms with E-state index in [-0.39, 0.29) is 0 Å². The highest BCUT2D eigenvalue weighted by molar-refractivity contribution is 5.89. The topological polar surface area (TPSA) is 18.5 Å². The van der Waals surface area contributed by atoms with Gasteiger partial charge in [-0.2, -0.15) is 0 Å². The van der Waals surface area contributed by atoms with Crippen LogP contribution < -0.4 is 9.47 Å². The van der Waals surface area contributed by atoms with E-state index in [4.69, 9.17) is 9.47 Å². The summed E-state index contributed by atoms with van der Waals surface area (Å²) in [4.78, 5) is 0. The van der Waals surface area contributed by atoms with Crippen molar-refractivity contribution in [1.29, 1.82) is 0 Å². The van der Waals surface area contributed by atoms with Crippen LogP contribution in [0.1, 0.15) is 60.8 Å². The van der Waals surface area contributed by atoms with Crippen LogP contribution in [0.2, 0.25) is 0 Å². The molecule has 0 radical (unpaired) electrons. The molecule has 5 rings (SSSR count). The number of hydrogen-bond donors (Lipinski definition) is 0. The normalized spacial score (nSPS) is 16.9. The minimum absolute atomic E-state index is 0.760. The highest BCUT2D eigenvalue weighted by Gasteiger charge is 2.03. The SMILES string of the molecule is C1=C/c2ccccc2OCCCCCCCCOc2ccccc2/C=C/c2ccc3ccc/1cc3c2. The van der Waals surface area contributed by atoms with E-state index in [1.807, 2.05) is 12.1 Å². The molecular weight excluding hydrogens is 440 g/mol. The first-order valence-electron chi connectivity index (χ1n) is 13.2. The molecule has 4 aromatic carbocycles. The van der Waals surface area contributed by atoms with Gasteiger partial charge in [-0.3, -0.25) is 0 Å². The molecule has 0 unspecified atom stereocenters. The van der Waals surface area contributed by atoms with Gasteiger partial charge in [-0.05, 0) is 59.0 Å². The zero-order valence-corrected chi connectivity index (χ0v) is 20.9. The maximum absolute atomic E-state index is 6.15. The van der Waals surface area contributed by atoms with Crippen LogP contribution in [-0.2, 0) is 0 Å². The number of hydrogen-bond acceptors (Lipinski definition) is 2. The molecule has 0 atom stereocenters. The van der Waals surface area contributed by atoms with Crippen molar-refractivity contribution in [2.75, 3.05) is 13.2 Å². The molecule has 0 saturated heterocycles. The fraction of sp³-hybridized carbons (Fsp3) is 0.235. The molecule has 3 bridgehead atoms. The summed E-state index contributed by atoms with van der Waals surface area (Å²) in [6.07, 6.45) is 15.7. The van der Waals surface area contributed by atoms with Crippen molar-refractivity contribution in [2.45, 2.75) is 38.5 Å². The molecule has 0 amide bonds. The van der Waals surface area contributed by atoms with Gasteiger partial charge >= 0.3 is 0 Å². The van der Waals surface area contributed by atoms with Crippen molar-refractivity contribution in [1.82, 2.24) is 0 Å². The third kappa shape index (κ3) is 6.46. The van der Waals surface area contributed by atoms with Crippen LogP contribution in [0, 0.1) is 0 Å². The summed E-state index contributed by atoms with van der Waals surface area (Å²) >= 11 is 0. The Morgan fingerprint density at radius 2 is 0.889 bits per heavy atom. The number of fused-ring (bicyclic) bond motifs is 4. The third-order valence-electron chi connectivity index (χ3n) is 6.69. The van der Waals surface area contributed by atoms with E-state index in [1.54, 1.807) is 0 Å². The molecule has 2 nitrogen and oxygen atoms in total. The van der Waals surface area contributed by atoms with Crippen LogP contribution >= 0.6 is 0 Å². The molecule has 0 aliphatic carbocycles. The summed E-state index contributed by atoms with van der Waals surface area (Å²) in [6.45, 7) is 1.52. The van der Waals surface area contributed by atoms with Crippen molar-refractivity contribution >= 4 is 35.1 Å². The number of benzene rings is 4. The van der Waals surface area contributed by atoms with E-state index in [0.717, 1.165) is 48.7 Å². The van der Waals surface area contributed by atoms with Gasteiger partial charge in [0.1, 0.15) is 11.5 Å². The molecule has 4 aromatic rings. The van der Waals surface area contributed by atoms with Crippen molar-refractivity contribution in [2.24, 2.45) is 0 Å². The second-order valence-electron chi connectivity index (χ2n) is 9.43. The fourth-order valence-corrected chi connectivity index (χ4v) is 4.64. The highest BCUT2D eigenvalue weighted by atomic mass is 16.5. The van der Waals surface area contributed by atoms with Crippen LogP contribution in [-0.4, -0.2) is 13.2 Å². The maximum Gasteiger partial charge on any atom is 0.126 e. The molecule has 1 aliphatic heterocycles. The fourth-order valence-electron chi connectivity index (χ4n) is 4.64. The van der Waals surface area contributed by atoms with Crippen molar-refractivity contribution in [3.05, 3.63) is 107 Å². The van der Waals surface area contributed by atoms with E-state index in [0.29, 0.717) is 0 Å². The molecule has 0 spiro atoms. The molecule has 182 valence electrons. The van der Waals surface area contributed by atoms with Crippen LogP contribution in [0.25, 0.3) is 35.1 Å². The summed E-state index contributed by atoms with van der Waals surface area (Å²) < 4.78 is 12.3. The lowest BCUT2D eigenvalue weighted by atomic mass is 10.0. The lowest BCUT2D eigenvalue weighted by Gasteiger charge is -2.10. The van der Waals surface area contributed by atoms with Gasteiger partial charge in [-0.15, -0.1) is 0 Å². The molecule has 0 saturated carbocycles. The van der Waals surface area contributed by atoms with Gasteiger partial charge in [-0.25, -0.2) is 0 Å². The Balaban J connectivity index is 1.44. The minimum atomic E-state index is 0.760. The second kappa shape index (κ2) is 12.3. The Hall–Kier alpha value is -3.78.